The molecule has 0 fully saturated rings. The van der Waals surface area contributed by atoms with E-state index in [1.807, 2.05) is 19.1 Å². The highest BCUT2D eigenvalue weighted by Crippen LogP contribution is 2.16. The van der Waals surface area contributed by atoms with Gasteiger partial charge in [0.1, 0.15) is 5.75 Å². The number of phenols is 1. The van der Waals surface area contributed by atoms with Crippen molar-refractivity contribution >= 4 is 5.91 Å². The monoisotopic (exact) mass is 236 g/mol. The summed E-state index contributed by atoms with van der Waals surface area (Å²) in [6.07, 6.45) is 0.495. The molecule has 2 N–H and O–H groups in total. The van der Waals surface area contributed by atoms with Gasteiger partial charge < -0.3 is 15.3 Å². The number of nitrogens with one attached hydrogen (secondary N) is 1. The number of nitrogens with zero attached hydrogens (tertiary/aromatic N) is 1. The molecule has 1 amide bonds. The molecule has 0 saturated carbocycles. The van der Waals surface area contributed by atoms with Crippen LogP contribution in [0.1, 0.15) is 24.9 Å². The van der Waals surface area contributed by atoms with E-state index in [2.05, 4.69) is 5.32 Å². The standard InChI is InChI=1S/C13H20N2O2/c1-10(11-4-6-12(16)7-5-11)14-9-8-13(17)15(2)3/h4-7,10,14,16H,8-9H2,1-3H3. The van der Waals surface area contributed by atoms with Crippen LogP contribution in [0.3, 0.4) is 0 Å². The lowest BCUT2D eigenvalue weighted by Gasteiger charge is -2.15. The lowest BCUT2D eigenvalue weighted by molar-refractivity contribution is -0.128. The van der Waals surface area contributed by atoms with Gasteiger partial charge in [0.05, 0.1) is 0 Å². The number of hydrogen-bond donors (Lipinski definition) is 2. The molecule has 0 bridgehead atoms. The normalized spacial score (nSPS) is 12.2. The van der Waals surface area contributed by atoms with Gasteiger partial charge in [-0.15, -0.1) is 0 Å². The number of phenolic OH excluding ortho intramolecular Hbond substituents is 1. The number of amides is 1. The summed E-state index contributed by atoms with van der Waals surface area (Å²) in [6.45, 7) is 2.69. The van der Waals surface area contributed by atoms with Crippen molar-refractivity contribution in [3.63, 3.8) is 0 Å². The average Bonchev–Trinajstić information content (AvgIpc) is 2.29. The molecule has 4 heteroatoms. The van der Waals surface area contributed by atoms with Crippen molar-refractivity contribution < 1.29 is 9.90 Å². The van der Waals surface area contributed by atoms with Crippen LogP contribution in [-0.2, 0) is 4.79 Å². The van der Waals surface area contributed by atoms with E-state index in [4.69, 9.17) is 0 Å². The highest BCUT2D eigenvalue weighted by molar-refractivity contribution is 5.75. The van der Waals surface area contributed by atoms with Gasteiger partial charge in [-0.05, 0) is 24.6 Å². The molecule has 0 aliphatic rings. The number of benzene rings is 1. The molecule has 17 heavy (non-hydrogen) atoms. The predicted octanol–water partition coefficient (Wildman–Crippen LogP) is 1.52. The molecule has 94 valence electrons. The number of carbonyl (C=O) groups excluding carboxylic acids is 1. The van der Waals surface area contributed by atoms with Crippen molar-refractivity contribution in [2.45, 2.75) is 19.4 Å². The number of carbonyl (C=O) groups is 1. The maximum atomic E-state index is 11.4. The second-order valence-corrected chi connectivity index (χ2v) is 4.31. The molecule has 1 atom stereocenters. The van der Waals surface area contributed by atoms with Crippen molar-refractivity contribution in [3.8, 4) is 5.75 Å². The topological polar surface area (TPSA) is 52.6 Å². The number of rotatable bonds is 5. The molecule has 4 nitrogen and oxygen atoms in total. The quantitative estimate of drug-likeness (QED) is 0.815. The van der Waals surface area contributed by atoms with Crippen LogP contribution < -0.4 is 5.32 Å². The van der Waals surface area contributed by atoms with Crippen molar-refractivity contribution in [1.82, 2.24) is 10.2 Å². The fraction of sp³-hybridized carbons (Fsp3) is 0.462. The molecule has 1 aromatic rings. The minimum Gasteiger partial charge on any atom is -0.508 e. The van der Waals surface area contributed by atoms with E-state index >= 15 is 0 Å². The first-order valence-corrected chi connectivity index (χ1v) is 5.73. The van der Waals surface area contributed by atoms with Crippen LogP contribution >= 0.6 is 0 Å². The van der Waals surface area contributed by atoms with Crippen LogP contribution in [0.4, 0.5) is 0 Å². The highest BCUT2D eigenvalue weighted by atomic mass is 16.3. The summed E-state index contributed by atoms with van der Waals surface area (Å²) < 4.78 is 0. The van der Waals surface area contributed by atoms with Gasteiger partial charge in [-0.1, -0.05) is 12.1 Å². The van der Waals surface area contributed by atoms with Gasteiger partial charge >= 0.3 is 0 Å². The summed E-state index contributed by atoms with van der Waals surface area (Å²) in [5.74, 6) is 0.388. The molecule has 0 aliphatic heterocycles. The summed E-state index contributed by atoms with van der Waals surface area (Å²) >= 11 is 0. The zero-order valence-electron chi connectivity index (χ0n) is 10.6. The molecule has 0 saturated heterocycles. The predicted molar refractivity (Wildman–Crippen MR) is 67.8 cm³/mol. The Morgan fingerprint density at radius 3 is 2.47 bits per heavy atom. The molecule has 1 aromatic carbocycles. The van der Waals surface area contributed by atoms with Crippen LogP contribution in [0.15, 0.2) is 24.3 Å². The van der Waals surface area contributed by atoms with E-state index in [1.54, 1.807) is 31.1 Å². The Bertz CT molecular complexity index is 360. The molecule has 0 heterocycles. The third kappa shape index (κ3) is 4.44. The molecule has 0 aliphatic carbocycles. The fourth-order valence-electron chi connectivity index (χ4n) is 1.50. The lowest BCUT2D eigenvalue weighted by atomic mass is 10.1. The minimum atomic E-state index is 0.121. The maximum Gasteiger partial charge on any atom is 0.223 e. The smallest absolute Gasteiger partial charge is 0.223 e. The second kappa shape index (κ2) is 6.25. The van der Waals surface area contributed by atoms with Crippen LogP contribution in [0.5, 0.6) is 5.75 Å². The first-order chi connectivity index (χ1) is 8.00. The zero-order valence-corrected chi connectivity index (χ0v) is 10.6. The average molecular weight is 236 g/mol. The Kier molecular flexibility index (Phi) is 4.97. The van der Waals surface area contributed by atoms with Crippen molar-refractivity contribution in [2.75, 3.05) is 20.6 Å². The third-order valence-corrected chi connectivity index (χ3v) is 2.68. The third-order valence-electron chi connectivity index (χ3n) is 2.68. The van der Waals surface area contributed by atoms with Crippen LogP contribution in [0, 0.1) is 0 Å². The van der Waals surface area contributed by atoms with Crippen LogP contribution in [-0.4, -0.2) is 36.6 Å². The fourth-order valence-corrected chi connectivity index (χ4v) is 1.50. The van der Waals surface area contributed by atoms with E-state index in [1.165, 1.54) is 0 Å². The summed E-state index contributed by atoms with van der Waals surface area (Å²) in [5.41, 5.74) is 1.10. The SMILES string of the molecule is CC(NCCC(=O)N(C)C)c1ccc(O)cc1. The molecule has 1 rings (SSSR count). The van der Waals surface area contributed by atoms with E-state index < -0.39 is 0 Å². The van der Waals surface area contributed by atoms with E-state index in [-0.39, 0.29) is 17.7 Å². The molecular weight excluding hydrogens is 216 g/mol. The summed E-state index contributed by atoms with van der Waals surface area (Å²) in [6, 6.07) is 7.25. The zero-order chi connectivity index (χ0) is 12.8. The first kappa shape index (κ1) is 13.5. The Morgan fingerprint density at radius 2 is 1.94 bits per heavy atom. The Hall–Kier alpha value is -1.55. The Morgan fingerprint density at radius 1 is 1.35 bits per heavy atom. The number of hydrogen-bond acceptors (Lipinski definition) is 3. The van der Waals surface area contributed by atoms with E-state index in [0.29, 0.717) is 13.0 Å². The van der Waals surface area contributed by atoms with Gasteiger partial charge in [-0.2, -0.15) is 0 Å². The van der Waals surface area contributed by atoms with Gasteiger partial charge in [0.2, 0.25) is 5.91 Å². The largest absolute Gasteiger partial charge is 0.508 e. The van der Waals surface area contributed by atoms with Crippen LogP contribution in [0.2, 0.25) is 0 Å². The summed E-state index contributed by atoms with van der Waals surface area (Å²) in [5, 5.41) is 12.5. The van der Waals surface area contributed by atoms with E-state index in [0.717, 1.165) is 5.56 Å². The van der Waals surface area contributed by atoms with Gasteiger partial charge in [0.15, 0.2) is 0 Å². The molecule has 0 radical (unpaired) electrons. The highest BCUT2D eigenvalue weighted by Gasteiger charge is 2.07. The maximum absolute atomic E-state index is 11.4. The molecular formula is C13H20N2O2. The number of aromatic hydroxyl groups is 1. The van der Waals surface area contributed by atoms with E-state index in [9.17, 15) is 9.90 Å². The molecule has 0 spiro atoms. The van der Waals surface area contributed by atoms with Crippen molar-refractivity contribution in [1.29, 1.82) is 0 Å². The first-order valence-electron chi connectivity index (χ1n) is 5.73. The molecule has 1 unspecified atom stereocenters. The Balaban J connectivity index is 2.37. The van der Waals surface area contributed by atoms with Crippen LogP contribution in [0.25, 0.3) is 0 Å². The lowest BCUT2D eigenvalue weighted by Crippen LogP contribution is -2.28. The van der Waals surface area contributed by atoms with Gasteiger partial charge in [0.25, 0.3) is 0 Å². The van der Waals surface area contributed by atoms with Gasteiger partial charge in [-0.3, -0.25) is 4.79 Å². The van der Waals surface area contributed by atoms with Crippen molar-refractivity contribution in [3.05, 3.63) is 29.8 Å². The summed E-state index contributed by atoms with van der Waals surface area (Å²) in [4.78, 5) is 12.9. The van der Waals surface area contributed by atoms with Gasteiger partial charge in [-0.25, -0.2) is 0 Å². The second-order valence-electron chi connectivity index (χ2n) is 4.31. The summed E-state index contributed by atoms with van der Waals surface area (Å²) in [7, 11) is 3.51. The minimum absolute atomic E-state index is 0.121. The van der Waals surface area contributed by atoms with Crippen molar-refractivity contribution in [2.24, 2.45) is 0 Å². The van der Waals surface area contributed by atoms with Gasteiger partial charge in [0, 0.05) is 33.1 Å². The molecule has 0 aromatic heterocycles. The Labute approximate surface area is 102 Å².